The van der Waals surface area contributed by atoms with E-state index in [1.165, 1.54) is 0 Å². The van der Waals surface area contributed by atoms with Gasteiger partial charge in [0, 0.05) is 15.8 Å². The van der Waals surface area contributed by atoms with Crippen molar-refractivity contribution in [2.45, 2.75) is 6.92 Å². The first kappa shape index (κ1) is 14.0. The summed E-state index contributed by atoms with van der Waals surface area (Å²) in [6.07, 6.45) is 0. The monoisotopic (exact) mass is 314 g/mol. The van der Waals surface area contributed by atoms with Crippen LogP contribution in [0, 0.1) is 0 Å². The highest BCUT2D eigenvalue weighted by molar-refractivity contribution is 7.21. The molecule has 0 amide bonds. The van der Waals surface area contributed by atoms with Crippen molar-refractivity contribution in [3.05, 3.63) is 58.8 Å². The van der Waals surface area contributed by atoms with Gasteiger partial charge in [0.2, 0.25) is 0 Å². The summed E-state index contributed by atoms with van der Waals surface area (Å²) in [4.78, 5) is 14.5. The number of hydrogen-bond acceptors (Lipinski definition) is 4. The maximum absolute atomic E-state index is 12.4. The van der Waals surface area contributed by atoms with Gasteiger partial charge in [0.15, 0.2) is 0 Å². The fraction of sp³-hybridized carbons (Fsp3) is 0.118. The lowest BCUT2D eigenvalue weighted by Gasteiger charge is -2.06. The molecule has 0 spiro atoms. The zero-order chi connectivity index (χ0) is 14.7. The van der Waals surface area contributed by atoms with Crippen LogP contribution in [0.4, 0.5) is 0 Å². The minimum atomic E-state index is -0.249. The van der Waals surface area contributed by atoms with E-state index in [0.717, 1.165) is 20.9 Å². The van der Waals surface area contributed by atoms with Crippen molar-refractivity contribution in [2.75, 3.05) is 6.61 Å². The second-order valence-electron chi connectivity index (χ2n) is 4.42. The van der Waals surface area contributed by atoms with Crippen molar-refractivity contribution in [2.24, 2.45) is 0 Å². The Bertz CT molecular complexity index is 728. The third kappa shape index (κ3) is 2.77. The molecular weight excluding hydrogens is 300 g/mol. The molecule has 0 fully saturated rings. The first-order chi connectivity index (χ1) is 10.3. The number of benzene rings is 1. The van der Waals surface area contributed by atoms with E-state index in [4.69, 9.17) is 4.74 Å². The van der Waals surface area contributed by atoms with E-state index in [1.807, 2.05) is 60.1 Å². The quantitative estimate of drug-likeness (QED) is 0.609. The van der Waals surface area contributed by atoms with E-state index in [-0.39, 0.29) is 5.97 Å². The van der Waals surface area contributed by atoms with Crippen LogP contribution in [-0.2, 0) is 4.74 Å². The summed E-state index contributed by atoms with van der Waals surface area (Å²) < 4.78 is 5.26. The van der Waals surface area contributed by atoms with Crippen LogP contribution < -0.4 is 0 Å². The van der Waals surface area contributed by atoms with Gasteiger partial charge in [-0.3, -0.25) is 0 Å². The molecule has 21 heavy (non-hydrogen) atoms. The Labute approximate surface area is 131 Å². The molecule has 0 radical (unpaired) electrons. The summed E-state index contributed by atoms with van der Waals surface area (Å²) in [6, 6.07) is 14.0. The minimum Gasteiger partial charge on any atom is -0.462 e. The average molecular weight is 314 g/mol. The zero-order valence-electron chi connectivity index (χ0n) is 11.5. The zero-order valence-corrected chi connectivity index (χ0v) is 13.2. The largest absolute Gasteiger partial charge is 0.462 e. The summed E-state index contributed by atoms with van der Waals surface area (Å²) >= 11 is 3.23. The Balaban J connectivity index is 2.15. The molecule has 0 N–H and O–H groups in total. The van der Waals surface area contributed by atoms with Gasteiger partial charge in [0.25, 0.3) is 0 Å². The molecule has 3 aromatic rings. The Morgan fingerprint density at radius 1 is 1.10 bits per heavy atom. The average Bonchev–Trinajstić information content (AvgIpc) is 3.17. The van der Waals surface area contributed by atoms with E-state index in [0.29, 0.717) is 12.2 Å². The maximum atomic E-state index is 12.4. The number of hydrogen-bond donors (Lipinski definition) is 0. The van der Waals surface area contributed by atoms with Crippen LogP contribution in [0.5, 0.6) is 0 Å². The second kappa shape index (κ2) is 6.24. The summed E-state index contributed by atoms with van der Waals surface area (Å²) in [5.74, 6) is -0.249. The molecule has 0 aliphatic rings. The summed E-state index contributed by atoms with van der Waals surface area (Å²) in [5, 5.41) is 4.06. The topological polar surface area (TPSA) is 26.3 Å². The van der Waals surface area contributed by atoms with Crippen LogP contribution in [0.15, 0.2) is 53.2 Å². The fourth-order valence-electron chi connectivity index (χ4n) is 2.18. The lowest BCUT2D eigenvalue weighted by atomic mass is 10.0. The third-order valence-corrected chi connectivity index (χ3v) is 5.13. The molecule has 0 aliphatic heterocycles. The number of carbonyl (C=O) groups excluding carboxylic acids is 1. The van der Waals surface area contributed by atoms with Crippen LogP contribution >= 0.6 is 22.7 Å². The fourth-order valence-corrected chi connectivity index (χ4v) is 4.13. The van der Waals surface area contributed by atoms with Gasteiger partial charge in [0.1, 0.15) is 0 Å². The van der Waals surface area contributed by atoms with Crippen molar-refractivity contribution in [3.8, 4) is 20.9 Å². The van der Waals surface area contributed by atoms with E-state index in [1.54, 1.807) is 22.7 Å². The van der Waals surface area contributed by atoms with Crippen molar-refractivity contribution in [1.29, 1.82) is 0 Å². The Morgan fingerprint density at radius 3 is 2.57 bits per heavy atom. The highest BCUT2D eigenvalue weighted by Crippen LogP contribution is 2.40. The number of carbonyl (C=O) groups is 1. The number of rotatable bonds is 4. The van der Waals surface area contributed by atoms with Gasteiger partial charge in [-0.05, 0) is 23.9 Å². The summed E-state index contributed by atoms with van der Waals surface area (Å²) in [5.41, 5.74) is 2.66. The molecule has 0 aliphatic carbocycles. The van der Waals surface area contributed by atoms with Gasteiger partial charge in [-0.15, -0.1) is 22.7 Å². The van der Waals surface area contributed by atoms with Gasteiger partial charge in [-0.25, -0.2) is 4.79 Å². The van der Waals surface area contributed by atoms with Crippen LogP contribution in [0.2, 0.25) is 0 Å². The molecule has 0 bridgehead atoms. The third-order valence-electron chi connectivity index (χ3n) is 3.10. The Morgan fingerprint density at radius 2 is 1.90 bits per heavy atom. The van der Waals surface area contributed by atoms with Gasteiger partial charge < -0.3 is 4.74 Å². The predicted molar refractivity (Wildman–Crippen MR) is 89.0 cm³/mol. The molecule has 0 saturated heterocycles. The molecule has 1 aromatic carbocycles. The summed E-state index contributed by atoms with van der Waals surface area (Å²) in [6.45, 7) is 2.21. The lowest BCUT2D eigenvalue weighted by molar-refractivity contribution is 0.0529. The van der Waals surface area contributed by atoms with Gasteiger partial charge in [-0.2, -0.15) is 0 Å². The van der Waals surface area contributed by atoms with Crippen LogP contribution in [0.25, 0.3) is 20.9 Å². The molecule has 4 heteroatoms. The number of esters is 1. The molecule has 2 heterocycles. The summed E-state index contributed by atoms with van der Waals surface area (Å²) in [7, 11) is 0. The number of ether oxygens (including phenoxy) is 1. The first-order valence-electron chi connectivity index (χ1n) is 6.69. The molecule has 2 aromatic heterocycles. The normalized spacial score (nSPS) is 10.5. The molecule has 2 nitrogen and oxygen atoms in total. The standard InChI is InChI=1S/C17H14O2S2/c1-2-19-17(18)15-13(12-7-4-3-5-8-12)11-21-16(15)14-9-6-10-20-14/h3-11H,2H2,1H3. The van der Waals surface area contributed by atoms with Gasteiger partial charge in [-0.1, -0.05) is 36.4 Å². The smallest absolute Gasteiger partial charge is 0.340 e. The Hall–Kier alpha value is -1.91. The minimum absolute atomic E-state index is 0.249. The van der Waals surface area contributed by atoms with E-state index in [2.05, 4.69) is 0 Å². The predicted octanol–water partition coefficient (Wildman–Crippen LogP) is 5.32. The highest BCUT2D eigenvalue weighted by Gasteiger charge is 2.22. The molecule has 0 saturated carbocycles. The molecule has 106 valence electrons. The van der Waals surface area contributed by atoms with Crippen LogP contribution in [0.1, 0.15) is 17.3 Å². The van der Waals surface area contributed by atoms with E-state index in [9.17, 15) is 4.79 Å². The van der Waals surface area contributed by atoms with E-state index >= 15 is 0 Å². The Kier molecular flexibility index (Phi) is 4.18. The molecule has 0 unspecified atom stereocenters. The molecular formula is C17H14O2S2. The SMILES string of the molecule is CCOC(=O)c1c(-c2ccccc2)csc1-c1cccs1. The van der Waals surface area contributed by atoms with E-state index < -0.39 is 0 Å². The van der Waals surface area contributed by atoms with Crippen molar-refractivity contribution >= 4 is 28.6 Å². The maximum Gasteiger partial charge on any atom is 0.340 e. The second-order valence-corrected chi connectivity index (χ2v) is 6.24. The van der Waals surface area contributed by atoms with Gasteiger partial charge in [0.05, 0.1) is 17.0 Å². The van der Waals surface area contributed by atoms with Crippen LogP contribution in [0.3, 0.4) is 0 Å². The van der Waals surface area contributed by atoms with Gasteiger partial charge >= 0.3 is 5.97 Å². The van der Waals surface area contributed by atoms with Crippen molar-refractivity contribution in [3.63, 3.8) is 0 Å². The number of thiophene rings is 2. The highest BCUT2D eigenvalue weighted by atomic mass is 32.1. The first-order valence-corrected chi connectivity index (χ1v) is 8.45. The van der Waals surface area contributed by atoms with Crippen molar-refractivity contribution in [1.82, 2.24) is 0 Å². The van der Waals surface area contributed by atoms with Crippen molar-refractivity contribution < 1.29 is 9.53 Å². The molecule has 3 rings (SSSR count). The lowest BCUT2D eigenvalue weighted by Crippen LogP contribution is -2.06. The molecule has 0 atom stereocenters. The van der Waals surface area contributed by atoms with Crippen LogP contribution in [-0.4, -0.2) is 12.6 Å².